The van der Waals surface area contributed by atoms with Gasteiger partial charge < -0.3 is 4.90 Å². The van der Waals surface area contributed by atoms with E-state index >= 15 is 0 Å². The minimum atomic E-state index is -0.490. The molecule has 5 nitrogen and oxygen atoms in total. The van der Waals surface area contributed by atoms with Crippen molar-refractivity contribution in [3.05, 3.63) is 78.1 Å². The fraction of sp³-hybridized carbons (Fsp3) is 0.370. The number of carbonyl (C=O) groups is 1. The van der Waals surface area contributed by atoms with Gasteiger partial charge in [0.15, 0.2) is 0 Å². The smallest absolute Gasteiger partial charge is 0.223 e. The zero-order valence-electron chi connectivity index (χ0n) is 19.2. The van der Waals surface area contributed by atoms with Crippen molar-refractivity contribution in [2.24, 2.45) is 0 Å². The molecule has 0 fully saturated rings. The van der Waals surface area contributed by atoms with Crippen molar-refractivity contribution in [1.29, 1.82) is 0 Å². The lowest BCUT2D eigenvalue weighted by molar-refractivity contribution is -0.116. The molecule has 0 spiro atoms. The largest absolute Gasteiger partial charge is 0.312 e. The van der Waals surface area contributed by atoms with E-state index in [-0.39, 0.29) is 5.91 Å². The lowest BCUT2D eigenvalue weighted by atomic mass is 10.0. The molecular weight excluding hydrogens is 415 g/mol. The number of rotatable bonds is 3. The Morgan fingerprint density at radius 2 is 1.76 bits per heavy atom. The molecule has 0 saturated carbocycles. The Hall–Kier alpha value is -3.12. The predicted octanol–water partition coefficient (Wildman–Crippen LogP) is 5.60. The molecule has 0 saturated heterocycles. The van der Waals surface area contributed by atoms with Crippen molar-refractivity contribution in [2.45, 2.75) is 52.1 Å². The zero-order valence-corrected chi connectivity index (χ0v) is 19.2. The van der Waals surface area contributed by atoms with Crippen molar-refractivity contribution < 1.29 is 9.18 Å². The molecule has 2 aromatic heterocycles. The summed E-state index contributed by atoms with van der Waals surface area (Å²) >= 11 is 0. The number of fused-ring (bicyclic) bond motifs is 1. The molecule has 172 valence electrons. The lowest BCUT2D eigenvalue weighted by Crippen LogP contribution is -2.32. The number of halogens is 1. The number of pyridine rings is 2. The van der Waals surface area contributed by atoms with E-state index in [1.807, 2.05) is 29.3 Å². The van der Waals surface area contributed by atoms with Gasteiger partial charge in [-0.05, 0) is 66.4 Å². The van der Waals surface area contributed by atoms with E-state index in [0.29, 0.717) is 0 Å². The summed E-state index contributed by atoms with van der Waals surface area (Å²) < 4.78 is 13.4. The second kappa shape index (κ2) is 11.1. The standard InChI is InChI=1S/C27H31FN4O/c1-21(33)32-15-6-4-2-3-5-14-31(19-22-8-7-13-29-17-22)20-25-16-23(9-11-26(25)32)24-10-12-27(28)30-18-24/h7-13,16-18H,2-6,14-15,19-20H2,1H3. The summed E-state index contributed by atoms with van der Waals surface area (Å²) in [6, 6.07) is 13.4. The normalized spacial score (nSPS) is 15.9. The van der Waals surface area contributed by atoms with Crippen LogP contribution >= 0.6 is 0 Å². The van der Waals surface area contributed by atoms with E-state index in [0.717, 1.165) is 67.8 Å². The summed E-state index contributed by atoms with van der Waals surface area (Å²) in [5, 5.41) is 0. The van der Waals surface area contributed by atoms with Crippen LogP contribution in [0.4, 0.5) is 10.1 Å². The lowest BCUT2D eigenvalue weighted by Gasteiger charge is -2.29. The van der Waals surface area contributed by atoms with Crippen molar-refractivity contribution in [3.63, 3.8) is 0 Å². The minimum absolute atomic E-state index is 0.0586. The number of carbonyl (C=O) groups excluding carboxylic acids is 1. The molecule has 0 bridgehead atoms. The van der Waals surface area contributed by atoms with Gasteiger partial charge in [0.05, 0.1) is 0 Å². The van der Waals surface area contributed by atoms with Crippen LogP contribution in [0.1, 0.15) is 50.2 Å². The monoisotopic (exact) mass is 446 g/mol. The highest BCUT2D eigenvalue weighted by Gasteiger charge is 2.19. The fourth-order valence-electron chi connectivity index (χ4n) is 4.49. The number of hydrogen-bond donors (Lipinski definition) is 0. The van der Waals surface area contributed by atoms with Crippen LogP contribution in [0.2, 0.25) is 0 Å². The Balaban J connectivity index is 1.72. The second-order valence-electron chi connectivity index (χ2n) is 8.72. The van der Waals surface area contributed by atoms with Gasteiger partial charge in [-0.2, -0.15) is 4.39 Å². The maximum Gasteiger partial charge on any atom is 0.223 e. The molecule has 1 aliphatic heterocycles. The van der Waals surface area contributed by atoms with E-state index in [1.54, 1.807) is 25.4 Å². The van der Waals surface area contributed by atoms with Crippen LogP contribution < -0.4 is 4.90 Å². The Bertz CT molecular complexity index is 1060. The SMILES string of the molecule is CC(=O)N1CCCCCCCN(Cc2cccnc2)Cc2cc(-c3ccc(F)nc3)ccc21. The fourth-order valence-corrected chi connectivity index (χ4v) is 4.49. The van der Waals surface area contributed by atoms with Crippen molar-refractivity contribution in [1.82, 2.24) is 14.9 Å². The molecule has 6 heteroatoms. The van der Waals surface area contributed by atoms with E-state index in [4.69, 9.17) is 0 Å². The molecule has 0 unspecified atom stereocenters. The van der Waals surface area contributed by atoms with Gasteiger partial charge in [0, 0.05) is 56.4 Å². The second-order valence-corrected chi connectivity index (χ2v) is 8.72. The van der Waals surface area contributed by atoms with E-state index in [9.17, 15) is 9.18 Å². The number of amides is 1. The van der Waals surface area contributed by atoms with E-state index in [2.05, 4.69) is 27.0 Å². The molecule has 1 amide bonds. The summed E-state index contributed by atoms with van der Waals surface area (Å²) in [5.74, 6) is -0.432. The van der Waals surface area contributed by atoms with Gasteiger partial charge in [-0.25, -0.2) is 4.98 Å². The number of nitrogens with zero attached hydrogens (tertiary/aromatic N) is 4. The first-order valence-corrected chi connectivity index (χ1v) is 11.7. The molecule has 1 aromatic carbocycles. The topological polar surface area (TPSA) is 49.3 Å². The van der Waals surface area contributed by atoms with Crippen LogP contribution in [-0.2, 0) is 17.9 Å². The highest BCUT2D eigenvalue weighted by atomic mass is 19.1. The van der Waals surface area contributed by atoms with E-state index in [1.165, 1.54) is 24.5 Å². The van der Waals surface area contributed by atoms with Gasteiger partial charge in [-0.1, -0.05) is 31.4 Å². The number of benzene rings is 1. The van der Waals surface area contributed by atoms with E-state index < -0.39 is 5.95 Å². The average molecular weight is 447 g/mol. The molecule has 3 heterocycles. The summed E-state index contributed by atoms with van der Waals surface area (Å²) in [4.78, 5) is 25.0. The summed E-state index contributed by atoms with van der Waals surface area (Å²) in [5.41, 5.74) is 5.06. The van der Waals surface area contributed by atoms with Crippen molar-refractivity contribution in [2.75, 3.05) is 18.0 Å². The first-order chi connectivity index (χ1) is 16.1. The maximum absolute atomic E-state index is 13.4. The van der Waals surface area contributed by atoms with Crippen molar-refractivity contribution in [3.8, 4) is 11.1 Å². The van der Waals surface area contributed by atoms with Crippen LogP contribution in [0.5, 0.6) is 0 Å². The molecule has 33 heavy (non-hydrogen) atoms. The first kappa shape index (κ1) is 23.1. The molecule has 0 radical (unpaired) electrons. The van der Waals surface area contributed by atoms with Crippen LogP contribution in [0.25, 0.3) is 11.1 Å². The first-order valence-electron chi connectivity index (χ1n) is 11.7. The van der Waals surface area contributed by atoms with Gasteiger partial charge in [0.2, 0.25) is 11.9 Å². The molecule has 0 N–H and O–H groups in total. The van der Waals surface area contributed by atoms with Gasteiger partial charge in [0.1, 0.15) is 0 Å². The summed E-state index contributed by atoms with van der Waals surface area (Å²) in [6.45, 7) is 4.87. The Morgan fingerprint density at radius 3 is 2.48 bits per heavy atom. The zero-order chi connectivity index (χ0) is 23.0. The van der Waals surface area contributed by atoms with Crippen LogP contribution in [-0.4, -0.2) is 33.9 Å². The van der Waals surface area contributed by atoms with Crippen LogP contribution in [0, 0.1) is 5.95 Å². The minimum Gasteiger partial charge on any atom is -0.312 e. The number of hydrogen-bond acceptors (Lipinski definition) is 4. The average Bonchev–Trinajstić information content (AvgIpc) is 2.81. The maximum atomic E-state index is 13.4. The third-order valence-corrected chi connectivity index (χ3v) is 6.19. The molecule has 0 atom stereocenters. The third-order valence-electron chi connectivity index (χ3n) is 6.19. The van der Waals surface area contributed by atoms with Gasteiger partial charge in [-0.3, -0.25) is 14.7 Å². The number of anilines is 1. The van der Waals surface area contributed by atoms with Gasteiger partial charge >= 0.3 is 0 Å². The van der Waals surface area contributed by atoms with Crippen LogP contribution in [0.3, 0.4) is 0 Å². The highest BCUT2D eigenvalue weighted by molar-refractivity contribution is 5.92. The molecular formula is C27H31FN4O. The van der Waals surface area contributed by atoms with Gasteiger partial charge in [-0.15, -0.1) is 0 Å². The van der Waals surface area contributed by atoms with Crippen LogP contribution in [0.15, 0.2) is 61.1 Å². The Kier molecular flexibility index (Phi) is 7.79. The molecule has 3 aromatic rings. The molecule has 4 rings (SSSR count). The highest BCUT2D eigenvalue weighted by Crippen LogP contribution is 2.30. The molecule has 0 aliphatic carbocycles. The third kappa shape index (κ3) is 6.23. The Morgan fingerprint density at radius 1 is 0.970 bits per heavy atom. The molecule has 1 aliphatic rings. The quantitative estimate of drug-likeness (QED) is 0.491. The summed E-state index contributed by atoms with van der Waals surface area (Å²) in [6.07, 6.45) is 10.9. The number of aromatic nitrogens is 2. The summed E-state index contributed by atoms with van der Waals surface area (Å²) in [7, 11) is 0. The Labute approximate surface area is 195 Å². The van der Waals surface area contributed by atoms with Gasteiger partial charge in [0.25, 0.3) is 0 Å². The van der Waals surface area contributed by atoms with Crippen molar-refractivity contribution >= 4 is 11.6 Å². The predicted molar refractivity (Wildman–Crippen MR) is 129 cm³/mol.